The highest BCUT2D eigenvalue weighted by Gasteiger charge is 2.15. The van der Waals surface area contributed by atoms with Gasteiger partial charge in [-0.1, -0.05) is 103 Å². The van der Waals surface area contributed by atoms with E-state index in [4.69, 9.17) is 0 Å². The number of nitrogens with zero attached hydrogens (tertiary/aromatic N) is 1. The third-order valence-corrected chi connectivity index (χ3v) is 7.27. The third-order valence-electron chi connectivity index (χ3n) is 7.27. The molecule has 7 aromatic rings. The molecule has 0 aliphatic carbocycles. The van der Waals surface area contributed by atoms with Crippen LogP contribution < -0.4 is 4.90 Å². The quantitative estimate of drug-likeness (QED) is 0.238. The summed E-state index contributed by atoms with van der Waals surface area (Å²) in [5.41, 5.74) is 4.72. The predicted octanol–water partition coefficient (Wildman–Crippen LogP) is 10.1. The highest BCUT2D eigenvalue weighted by Crippen LogP contribution is 2.39. The van der Waals surface area contributed by atoms with E-state index in [1.807, 2.05) is 0 Å². The maximum Gasteiger partial charge on any atom is 0.0468 e. The van der Waals surface area contributed by atoms with Gasteiger partial charge in [0.05, 0.1) is 0 Å². The normalized spacial score (nSPS) is 11.5. The van der Waals surface area contributed by atoms with Gasteiger partial charge in [0.15, 0.2) is 0 Å². The minimum Gasteiger partial charge on any atom is -0.310 e. The molecule has 0 atom stereocenters. The molecule has 0 aromatic heterocycles. The Labute approximate surface area is 210 Å². The van der Waals surface area contributed by atoms with Crippen LogP contribution in [0.1, 0.15) is 5.56 Å². The fourth-order valence-corrected chi connectivity index (χ4v) is 5.42. The van der Waals surface area contributed by atoms with Gasteiger partial charge in [-0.2, -0.15) is 0 Å². The Hall–Kier alpha value is -4.62. The topological polar surface area (TPSA) is 3.24 Å². The highest BCUT2D eigenvalue weighted by atomic mass is 15.1. The second-order valence-corrected chi connectivity index (χ2v) is 9.56. The van der Waals surface area contributed by atoms with Crippen LogP contribution in [0.3, 0.4) is 0 Å². The van der Waals surface area contributed by atoms with E-state index < -0.39 is 0 Å². The molecule has 7 aromatic carbocycles. The lowest BCUT2D eigenvalue weighted by atomic mass is 10.00. The van der Waals surface area contributed by atoms with Crippen molar-refractivity contribution in [2.75, 3.05) is 4.90 Å². The SMILES string of the molecule is Cc1ccc(N(c2ccc3c(ccc4ccccc43)c2)c2ccc3c(ccc4ccccc43)c2)cc1. The summed E-state index contributed by atoms with van der Waals surface area (Å²) in [6.07, 6.45) is 0. The number of benzene rings is 7. The zero-order valence-electron chi connectivity index (χ0n) is 20.1. The smallest absolute Gasteiger partial charge is 0.0468 e. The van der Waals surface area contributed by atoms with Crippen LogP contribution >= 0.6 is 0 Å². The lowest BCUT2D eigenvalue weighted by molar-refractivity contribution is 1.29. The van der Waals surface area contributed by atoms with E-state index in [-0.39, 0.29) is 0 Å². The number of fused-ring (bicyclic) bond motifs is 6. The third kappa shape index (κ3) is 3.40. The lowest BCUT2D eigenvalue weighted by Gasteiger charge is -2.26. The van der Waals surface area contributed by atoms with E-state index in [1.54, 1.807) is 0 Å². The number of rotatable bonds is 3. The molecule has 0 amide bonds. The first-order valence-corrected chi connectivity index (χ1v) is 12.4. The van der Waals surface area contributed by atoms with Gasteiger partial charge in [-0.05, 0) is 86.4 Å². The van der Waals surface area contributed by atoms with Crippen LogP contribution in [0.15, 0.2) is 133 Å². The van der Waals surface area contributed by atoms with Crippen LogP contribution in [-0.4, -0.2) is 0 Å². The fourth-order valence-electron chi connectivity index (χ4n) is 5.42. The molecule has 0 bridgehead atoms. The van der Waals surface area contributed by atoms with Crippen molar-refractivity contribution in [1.29, 1.82) is 0 Å². The van der Waals surface area contributed by atoms with Crippen LogP contribution in [0.2, 0.25) is 0 Å². The summed E-state index contributed by atoms with van der Waals surface area (Å²) in [6, 6.07) is 48.6. The molecule has 0 spiro atoms. The van der Waals surface area contributed by atoms with Crippen molar-refractivity contribution in [3.05, 3.63) is 139 Å². The summed E-state index contributed by atoms with van der Waals surface area (Å²) in [6.45, 7) is 2.14. The Morgan fingerprint density at radius 3 is 1.31 bits per heavy atom. The van der Waals surface area contributed by atoms with E-state index in [9.17, 15) is 0 Å². The van der Waals surface area contributed by atoms with Crippen LogP contribution in [0.25, 0.3) is 43.1 Å². The summed E-state index contributed by atoms with van der Waals surface area (Å²) < 4.78 is 0. The average molecular weight is 460 g/mol. The molecule has 0 fully saturated rings. The van der Waals surface area contributed by atoms with Crippen molar-refractivity contribution in [2.24, 2.45) is 0 Å². The highest BCUT2D eigenvalue weighted by molar-refractivity contribution is 6.10. The molecule has 0 aliphatic rings. The minimum atomic E-state index is 1.15. The van der Waals surface area contributed by atoms with Gasteiger partial charge in [0.25, 0.3) is 0 Å². The zero-order valence-corrected chi connectivity index (χ0v) is 20.1. The molecule has 0 saturated carbocycles. The zero-order chi connectivity index (χ0) is 24.1. The summed E-state index contributed by atoms with van der Waals surface area (Å²) >= 11 is 0. The van der Waals surface area contributed by atoms with Gasteiger partial charge < -0.3 is 4.90 Å². The molecule has 0 unspecified atom stereocenters. The van der Waals surface area contributed by atoms with E-state index in [0.29, 0.717) is 0 Å². The number of aryl methyl sites for hydroxylation is 1. The molecule has 0 aliphatic heterocycles. The molecule has 0 saturated heterocycles. The van der Waals surface area contributed by atoms with Crippen LogP contribution in [0.4, 0.5) is 17.1 Å². The van der Waals surface area contributed by atoms with Crippen molar-refractivity contribution >= 4 is 60.2 Å². The Morgan fingerprint density at radius 1 is 0.361 bits per heavy atom. The standard InChI is InChI=1S/C35H25N/c1-24-10-16-29(17-11-24)36(30-18-20-34-27(22-30)14-12-25-6-2-4-8-32(25)34)31-19-21-35-28(23-31)15-13-26-7-3-5-9-33(26)35/h2-23H,1H3. The Morgan fingerprint density at radius 2 is 0.778 bits per heavy atom. The Bertz CT molecular complexity index is 1780. The van der Waals surface area contributed by atoms with Crippen LogP contribution in [0, 0.1) is 6.92 Å². The van der Waals surface area contributed by atoms with Crippen molar-refractivity contribution in [1.82, 2.24) is 0 Å². The fraction of sp³-hybridized carbons (Fsp3) is 0.0286. The van der Waals surface area contributed by atoms with E-state index in [2.05, 4.69) is 145 Å². The molecule has 0 radical (unpaired) electrons. The van der Waals surface area contributed by atoms with Gasteiger partial charge in [-0.25, -0.2) is 0 Å². The van der Waals surface area contributed by atoms with E-state index in [0.717, 1.165) is 17.1 Å². The maximum atomic E-state index is 2.36. The molecule has 0 N–H and O–H groups in total. The molecule has 1 nitrogen and oxygen atoms in total. The predicted molar refractivity (Wildman–Crippen MR) is 156 cm³/mol. The van der Waals surface area contributed by atoms with E-state index >= 15 is 0 Å². The Balaban J connectivity index is 1.44. The van der Waals surface area contributed by atoms with Gasteiger partial charge in [0, 0.05) is 17.1 Å². The van der Waals surface area contributed by atoms with Crippen molar-refractivity contribution in [3.8, 4) is 0 Å². The van der Waals surface area contributed by atoms with Gasteiger partial charge in [0.1, 0.15) is 0 Å². The van der Waals surface area contributed by atoms with Gasteiger partial charge in [-0.15, -0.1) is 0 Å². The second-order valence-electron chi connectivity index (χ2n) is 9.56. The lowest BCUT2D eigenvalue weighted by Crippen LogP contribution is -2.10. The summed E-state index contributed by atoms with van der Waals surface area (Å²) in [5.74, 6) is 0. The molecular weight excluding hydrogens is 434 g/mol. The molecular formula is C35H25N. The van der Waals surface area contributed by atoms with Crippen LogP contribution in [0.5, 0.6) is 0 Å². The summed E-state index contributed by atoms with van der Waals surface area (Å²) in [5, 5.41) is 10.2. The monoisotopic (exact) mass is 459 g/mol. The minimum absolute atomic E-state index is 1.15. The van der Waals surface area contributed by atoms with Gasteiger partial charge >= 0.3 is 0 Å². The van der Waals surface area contributed by atoms with Crippen LogP contribution in [-0.2, 0) is 0 Å². The van der Waals surface area contributed by atoms with Gasteiger partial charge in [-0.3, -0.25) is 0 Å². The maximum absolute atomic E-state index is 2.36. The molecule has 1 heteroatoms. The number of anilines is 3. The Kier molecular flexibility index (Phi) is 4.75. The molecule has 170 valence electrons. The first-order valence-electron chi connectivity index (χ1n) is 12.4. The number of hydrogen-bond donors (Lipinski definition) is 0. The largest absolute Gasteiger partial charge is 0.310 e. The first-order chi connectivity index (χ1) is 17.7. The number of hydrogen-bond acceptors (Lipinski definition) is 1. The molecule has 36 heavy (non-hydrogen) atoms. The first kappa shape index (κ1) is 20.7. The average Bonchev–Trinajstić information content (AvgIpc) is 2.94. The molecule has 0 heterocycles. The summed E-state index contributed by atoms with van der Waals surface area (Å²) in [4.78, 5) is 2.36. The van der Waals surface area contributed by atoms with Gasteiger partial charge in [0.2, 0.25) is 0 Å². The van der Waals surface area contributed by atoms with Crippen molar-refractivity contribution < 1.29 is 0 Å². The van der Waals surface area contributed by atoms with Crippen molar-refractivity contribution in [3.63, 3.8) is 0 Å². The second kappa shape index (κ2) is 8.25. The summed E-state index contributed by atoms with van der Waals surface area (Å²) in [7, 11) is 0. The molecule has 7 rings (SSSR count). The van der Waals surface area contributed by atoms with E-state index in [1.165, 1.54) is 48.7 Å². The van der Waals surface area contributed by atoms with Crippen molar-refractivity contribution in [2.45, 2.75) is 6.92 Å².